The highest BCUT2D eigenvalue weighted by atomic mass is 79.9. The summed E-state index contributed by atoms with van der Waals surface area (Å²) in [5.74, 6) is 0.218. The van der Waals surface area contributed by atoms with Crippen LogP contribution >= 0.6 is 39.1 Å². The van der Waals surface area contributed by atoms with Crippen LogP contribution in [0.15, 0.2) is 18.2 Å². The Balaban J connectivity index is 0.00000121. The van der Waals surface area contributed by atoms with Crippen molar-refractivity contribution in [3.8, 4) is 0 Å². The molecule has 0 amide bonds. The Morgan fingerprint density at radius 2 is 1.76 bits per heavy atom. The lowest BCUT2D eigenvalue weighted by Crippen LogP contribution is -2.20. The van der Waals surface area contributed by atoms with E-state index in [2.05, 4.69) is 15.9 Å². The van der Waals surface area contributed by atoms with E-state index >= 15 is 0 Å². The molecule has 0 heterocycles. The molecule has 96 valence electrons. The summed E-state index contributed by atoms with van der Waals surface area (Å²) in [4.78, 5) is 11.7. The highest BCUT2D eigenvalue weighted by Gasteiger charge is 2.22. The summed E-state index contributed by atoms with van der Waals surface area (Å²) in [6.07, 6.45) is 0. The summed E-state index contributed by atoms with van der Waals surface area (Å²) < 4.78 is 0. The Hall–Kier alpha value is -0.0500. The van der Waals surface area contributed by atoms with Crippen LogP contribution in [0, 0.1) is 5.92 Å². The summed E-state index contributed by atoms with van der Waals surface area (Å²) in [7, 11) is 0. The van der Waals surface area contributed by atoms with E-state index in [1.807, 2.05) is 27.7 Å². The average molecular weight is 340 g/mol. The third-order valence-electron chi connectivity index (χ3n) is 2.03. The van der Waals surface area contributed by atoms with Crippen LogP contribution in [0.3, 0.4) is 0 Å². The van der Waals surface area contributed by atoms with Crippen LogP contribution in [0.1, 0.15) is 38.1 Å². The molecule has 0 aliphatic heterocycles. The van der Waals surface area contributed by atoms with Crippen molar-refractivity contribution >= 4 is 44.9 Å². The Morgan fingerprint density at radius 1 is 1.24 bits per heavy atom. The van der Waals surface area contributed by atoms with Crippen molar-refractivity contribution in [2.45, 2.75) is 32.5 Å². The molecule has 0 spiro atoms. The fourth-order valence-electron chi connectivity index (χ4n) is 1.14. The lowest BCUT2D eigenvalue weighted by molar-refractivity contribution is 0.0978. The lowest BCUT2D eigenvalue weighted by atomic mass is 10.0. The van der Waals surface area contributed by atoms with Crippen molar-refractivity contribution in [2.75, 3.05) is 0 Å². The summed E-state index contributed by atoms with van der Waals surface area (Å²) >= 11 is 15.1. The van der Waals surface area contributed by atoms with E-state index in [9.17, 15) is 4.79 Å². The maximum absolute atomic E-state index is 11.9. The minimum Gasteiger partial charge on any atom is -0.293 e. The number of ketones is 1. The standard InChI is InChI=1S/C11H11BrCl2O.C2H6/c1-6(2)10(12)11(15)8-4-3-7(13)5-9(8)14;1-2/h3-6,10H,1-2H3;1-2H3. The van der Waals surface area contributed by atoms with Gasteiger partial charge in [-0.25, -0.2) is 0 Å². The fourth-order valence-corrected chi connectivity index (χ4v) is 1.89. The molecule has 17 heavy (non-hydrogen) atoms. The Kier molecular flexibility index (Phi) is 8.10. The molecule has 0 bridgehead atoms. The van der Waals surface area contributed by atoms with Gasteiger partial charge in [0.25, 0.3) is 0 Å². The Morgan fingerprint density at radius 3 is 2.18 bits per heavy atom. The smallest absolute Gasteiger partial charge is 0.178 e. The molecule has 0 aliphatic carbocycles. The molecule has 1 aromatic rings. The Labute approximate surface area is 122 Å². The second kappa shape index (κ2) is 8.12. The number of hydrogen-bond acceptors (Lipinski definition) is 1. The summed E-state index contributed by atoms with van der Waals surface area (Å²) in [6, 6.07) is 4.90. The van der Waals surface area contributed by atoms with Crippen LogP contribution in [0.25, 0.3) is 0 Å². The molecule has 0 aromatic heterocycles. The van der Waals surface area contributed by atoms with Crippen LogP contribution in [-0.4, -0.2) is 10.6 Å². The molecule has 0 fully saturated rings. The zero-order valence-electron chi connectivity index (χ0n) is 10.4. The average Bonchev–Trinajstić information content (AvgIpc) is 2.29. The van der Waals surface area contributed by atoms with E-state index in [-0.39, 0.29) is 16.5 Å². The number of halogens is 3. The predicted octanol–water partition coefficient (Wildman–Crippen LogP) is 5.62. The molecular formula is C13H17BrCl2O. The van der Waals surface area contributed by atoms with Crippen molar-refractivity contribution < 1.29 is 4.79 Å². The third-order valence-corrected chi connectivity index (χ3v) is 4.05. The number of carbonyl (C=O) groups is 1. The van der Waals surface area contributed by atoms with Gasteiger partial charge in [0.05, 0.1) is 9.85 Å². The minimum atomic E-state index is -0.212. The molecule has 0 saturated heterocycles. The van der Waals surface area contributed by atoms with Gasteiger partial charge in [-0.1, -0.05) is 66.8 Å². The highest BCUT2D eigenvalue weighted by Crippen LogP contribution is 2.25. The van der Waals surface area contributed by atoms with Crippen LogP contribution in [0.4, 0.5) is 0 Å². The monoisotopic (exact) mass is 338 g/mol. The van der Waals surface area contributed by atoms with Crippen molar-refractivity contribution in [3.63, 3.8) is 0 Å². The maximum atomic E-state index is 11.9. The molecule has 1 rings (SSSR count). The molecule has 0 saturated carbocycles. The van der Waals surface area contributed by atoms with Gasteiger partial charge in [0.15, 0.2) is 5.78 Å². The first kappa shape index (κ1) is 16.9. The van der Waals surface area contributed by atoms with Gasteiger partial charge in [0.1, 0.15) is 0 Å². The molecule has 0 radical (unpaired) electrons. The van der Waals surface area contributed by atoms with E-state index in [0.29, 0.717) is 15.6 Å². The normalized spacial score (nSPS) is 11.8. The maximum Gasteiger partial charge on any atom is 0.178 e. The second-order valence-electron chi connectivity index (χ2n) is 3.63. The fraction of sp³-hybridized carbons (Fsp3) is 0.462. The van der Waals surface area contributed by atoms with E-state index in [1.165, 1.54) is 0 Å². The van der Waals surface area contributed by atoms with E-state index < -0.39 is 0 Å². The minimum absolute atomic E-state index is 0.00772. The van der Waals surface area contributed by atoms with Gasteiger partial charge in [0, 0.05) is 10.6 Å². The number of rotatable bonds is 3. The second-order valence-corrected chi connectivity index (χ2v) is 5.46. The largest absolute Gasteiger partial charge is 0.293 e. The van der Waals surface area contributed by atoms with Gasteiger partial charge < -0.3 is 0 Å². The summed E-state index contributed by atoms with van der Waals surface area (Å²) in [5, 5.41) is 0.935. The molecule has 4 heteroatoms. The van der Waals surface area contributed by atoms with Crippen molar-refractivity contribution in [1.82, 2.24) is 0 Å². The van der Waals surface area contributed by atoms with Gasteiger partial charge in [0.2, 0.25) is 0 Å². The molecule has 1 aromatic carbocycles. The van der Waals surface area contributed by atoms with E-state index in [4.69, 9.17) is 23.2 Å². The zero-order valence-corrected chi connectivity index (χ0v) is 13.5. The quantitative estimate of drug-likeness (QED) is 0.515. The third kappa shape index (κ3) is 4.99. The van der Waals surface area contributed by atoms with Crippen molar-refractivity contribution in [3.05, 3.63) is 33.8 Å². The molecule has 1 nitrogen and oxygen atoms in total. The van der Waals surface area contributed by atoms with Crippen molar-refractivity contribution in [2.24, 2.45) is 5.92 Å². The lowest BCUT2D eigenvalue weighted by Gasteiger charge is -2.13. The van der Waals surface area contributed by atoms with Gasteiger partial charge in [-0.3, -0.25) is 4.79 Å². The van der Waals surface area contributed by atoms with Gasteiger partial charge in [-0.2, -0.15) is 0 Å². The number of carbonyl (C=O) groups excluding carboxylic acids is 1. The molecular weight excluding hydrogens is 323 g/mol. The number of Topliss-reactive ketones (excluding diaryl/α,β-unsaturated/α-hetero) is 1. The number of benzene rings is 1. The van der Waals surface area contributed by atoms with Crippen LogP contribution < -0.4 is 0 Å². The topological polar surface area (TPSA) is 17.1 Å². The molecule has 0 N–H and O–H groups in total. The van der Waals surface area contributed by atoms with E-state index in [1.54, 1.807) is 18.2 Å². The number of alkyl halides is 1. The van der Waals surface area contributed by atoms with Crippen LogP contribution in [-0.2, 0) is 0 Å². The summed E-state index contributed by atoms with van der Waals surface area (Å²) in [5.41, 5.74) is 0.511. The zero-order chi connectivity index (χ0) is 13.6. The SMILES string of the molecule is CC.CC(C)C(Br)C(=O)c1ccc(Cl)cc1Cl. The van der Waals surface area contributed by atoms with Crippen LogP contribution in [0.2, 0.25) is 10.0 Å². The first-order valence-corrected chi connectivity index (χ1v) is 7.24. The van der Waals surface area contributed by atoms with Crippen LogP contribution in [0.5, 0.6) is 0 Å². The van der Waals surface area contributed by atoms with Gasteiger partial charge in [-0.05, 0) is 24.1 Å². The summed E-state index contributed by atoms with van der Waals surface area (Å²) in [6.45, 7) is 7.95. The van der Waals surface area contributed by atoms with Crippen molar-refractivity contribution in [1.29, 1.82) is 0 Å². The molecule has 1 unspecified atom stereocenters. The Bertz CT molecular complexity index is 378. The predicted molar refractivity (Wildman–Crippen MR) is 79.7 cm³/mol. The van der Waals surface area contributed by atoms with E-state index in [0.717, 1.165) is 0 Å². The highest BCUT2D eigenvalue weighted by molar-refractivity contribution is 9.10. The van der Waals surface area contributed by atoms with Gasteiger partial charge in [-0.15, -0.1) is 0 Å². The first-order chi connectivity index (χ1) is 7.93. The first-order valence-electron chi connectivity index (χ1n) is 5.57. The molecule has 0 aliphatic rings. The number of hydrogen-bond donors (Lipinski definition) is 0. The van der Waals surface area contributed by atoms with Gasteiger partial charge >= 0.3 is 0 Å². The molecule has 1 atom stereocenters.